The molecule has 0 fully saturated rings. The van der Waals surface area contributed by atoms with Crippen LogP contribution in [0.5, 0.6) is 0 Å². The smallest absolute Gasteiger partial charge is 0.164 e. The Morgan fingerprint density at radius 1 is 1.33 bits per heavy atom. The van der Waals surface area contributed by atoms with E-state index in [0.717, 1.165) is 35.0 Å². The van der Waals surface area contributed by atoms with Crippen molar-refractivity contribution < 1.29 is 0 Å². The summed E-state index contributed by atoms with van der Waals surface area (Å²) in [5.41, 5.74) is 8.95. The zero-order valence-electron chi connectivity index (χ0n) is 10.8. The number of aromatic nitrogens is 3. The van der Waals surface area contributed by atoms with Crippen molar-refractivity contribution in [1.82, 2.24) is 14.8 Å². The lowest BCUT2D eigenvalue weighted by Gasteiger charge is -2.20. The van der Waals surface area contributed by atoms with Crippen molar-refractivity contribution in [3.8, 4) is 11.4 Å². The third-order valence-electron chi connectivity index (χ3n) is 3.78. The Kier molecular flexibility index (Phi) is 2.58. The standard InChI is InChI=1S/C14H18N4/c1-9-5-6-11(8-12(9)15)14-17-16-13-10(2)4-3-7-18(13)14/h5-6,8,10H,3-4,7,15H2,1-2H3. The number of nitrogen functional groups attached to an aromatic ring is 1. The molecule has 0 aliphatic carbocycles. The van der Waals surface area contributed by atoms with Gasteiger partial charge in [0.25, 0.3) is 0 Å². The number of nitrogens with two attached hydrogens (primary N) is 1. The lowest BCUT2D eigenvalue weighted by atomic mass is 10.0. The van der Waals surface area contributed by atoms with E-state index in [-0.39, 0.29) is 0 Å². The number of hydrogen-bond donors (Lipinski definition) is 1. The molecule has 1 aliphatic rings. The minimum Gasteiger partial charge on any atom is -0.398 e. The molecule has 1 aromatic carbocycles. The van der Waals surface area contributed by atoms with E-state index in [1.165, 1.54) is 12.8 Å². The Balaban J connectivity index is 2.09. The largest absolute Gasteiger partial charge is 0.398 e. The van der Waals surface area contributed by atoms with Gasteiger partial charge in [0.2, 0.25) is 0 Å². The second kappa shape index (κ2) is 4.12. The molecule has 0 spiro atoms. The summed E-state index contributed by atoms with van der Waals surface area (Å²) in [5.74, 6) is 2.56. The summed E-state index contributed by atoms with van der Waals surface area (Å²) in [4.78, 5) is 0. The Hall–Kier alpha value is -1.84. The molecule has 2 heterocycles. The molecule has 1 aliphatic heterocycles. The summed E-state index contributed by atoms with van der Waals surface area (Å²) < 4.78 is 2.23. The summed E-state index contributed by atoms with van der Waals surface area (Å²) >= 11 is 0. The van der Waals surface area contributed by atoms with Crippen LogP contribution < -0.4 is 5.73 Å². The molecular formula is C14H18N4. The van der Waals surface area contributed by atoms with Gasteiger partial charge in [-0.2, -0.15) is 0 Å². The van der Waals surface area contributed by atoms with Crippen LogP contribution in [0.4, 0.5) is 5.69 Å². The molecule has 3 rings (SSSR count). The summed E-state index contributed by atoms with van der Waals surface area (Å²) in [6.45, 7) is 5.24. The molecule has 0 saturated carbocycles. The Morgan fingerprint density at radius 3 is 2.94 bits per heavy atom. The zero-order chi connectivity index (χ0) is 12.7. The first-order valence-corrected chi connectivity index (χ1v) is 6.46. The van der Waals surface area contributed by atoms with Crippen LogP contribution in [-0.2, 0) is 6.54 Å². The van der Waals surface area contributed by atoms with E-state index in [1.54, 1.807) is 0 Å². The van der Waals surface area contributed by atoms with Crippen molar-refractivity contribution in [2.75, 3.05) is 5.73 Å². The van der Waals surface area contributed by atoms with Gasteiger partial charge >= 0.3 is 0 Å². The van der Waals surface area contributed by atoms with Gasteiger partial charge in [-0.25, -0.2) is 0 Å². The molecule has 0 amide bonds. The van der Waals surface area contributed by atoms with Gasteiger partial charge in [0.15, 0.2) is 5.82 Å². The number of rotatable bonds is 1. The summed E-state index contributed by atoms with van der Waals surface area (Å²) in [7, 11) is 0. The molecule has 4 heteroatoms. The third kappa shape index (κ3) is 1.68. The molecule has 0 saturated heterocycles. The first-order valence-electron chi connectivity index (χ1n) is 6.46. The molecule has 0 bridgehead atoms. The molecule has 1 unspecified atom stereocenters. The van der Waals surface area contributed by atoms with E-state index in [0.29, 0.717) is 5.92 Å². The fraction of sp³-hybridized carbons (Fsp3) is 0.429. The van der Waals surface area contributed by atoms with Crippen LogP contribution in [0, 0.1) is 6.92 Å². The SMILES string of the molecule is Cc1ccc(-c2nnc3n2CCCC3C)cc1N. The summed E-state index contributed by atoms with van der Waals surface area (Å²) in [6, 6.07) is 6.10. The highest BCUT2D eigenvalue weighted by Crippen LogP contribution is 2.30. The van der Waals surface area contributed by atoms with Crippen molar-refractivity contribution in [3.05, 3.63) is 29.6 Å². The van der Waals surface area contributed by atoms with Crippen molar-refractivity contribution in [2.45, 2.75) is 39.2 Å². The Bertz CT molecular complexity index is 585. The number of anilines is 1. The fourth-order valence-corrected chi connectivity index (χ4v) is 2.58. The average Bonchev–Trinajstić information content (AvgIpc) is 2.78. The van der Waals surface area contributed by atoms with Gasteiger partial charge < -0.3 is 10.3 Å². The normalized spacial score (nSPS) is 18.7. The Labute approximate surface area is 107 Å². The number of aryl methyl sites for hydroxylation is 1. The Morgan fingerprint density at radius 2 is 2.17 bits per heavy atom. The van der Waals surface area contributed by atoms with Crippen LogP contribution in [0.1, 0.15) is 37.1 Å². The van der Waals surface area contributed by atoms with Gasteiger partial charge in [0.1, 0.15) is 5.82 Å². The average molecular weight is 242 g/mol. The first kappa shape index (κ1) is 11.3. The lowest BCUT2D eigenvalue weighted by molar-refractivity contribution is 0.466. The van der Waals surface area contributed by atoms with Gasteiger partial charge in [-0.05, 0) is 31.4 Å². The molecule has 94 valence electrons. The maximum absolute atomic E-state index is 5.97. The maximum atomic E-state index is 5.97. The van der Waals surface area contributed by atoms with Gasteiger partial charge in [-0.15, -0.1) is 10.2 Å². The quantitative estimate of drug-likeness (QED) is 0.782. The molecule has 1 atom stereocenters. The molecule has 2 N–H and O–H groups in total. The highest BCUT2D eigenvalue weighted by molar-refractivity contribution is 5.64. The van der Waals surface area contributed by atoms with Crippen molar-refractivity contribution in [1.29, 1.82) is 0 Å². The van der Waals surface area contributed by atoms with Gasteiger partial charge in [-0.3, -0.25) is 0 Å². The summed E-state index contributed by atoms with van der Waals surface area (Å²) in [6.07, 6.45) is 2.40. The van der Waals surface area contributed by atoms with Crippen LogP contribution in [0.3, 0.4) is 0 Å². The minimum absolute atomic E-state index is 0.503. The monoisotopic (exact) mass is 242 g/mol. The van der Waals surface area contributed by atoms with Gasteiger partial charge in [0, 0.05) is 23.7 Å². The molecule has 4 nitrogen and oxygen atoms in total. The van der Waals surface area contributed by atoms with Gasteiger partial charge in [-0.1, -0.05) is 19.1 Å². The van der Waals surface area contributed by atoms with Crippen molar-refractivity contribution >= 4 is 5.69 Å². The van der Waals surface area contributed by atoms with E-state index in [1.807, 2.05) is 19.1 Å². The van der Waals surface area contributed by atoms with E-state index in [4.69, 9.17) is 5.73 Å². The number of benzene rings is 1. The van der Waals surface area contributed by atoms with Crippen LogP contribution in [0.2, 0.25) is 0 Å². The third-order valence-corrected chi connectivity index (χ3v) is 3.78. The van der Waals surface area contributed by atoms with E-state index in [2.05, 4.69) is 27.8 Å². The summed E-state index contributed by atoms with van der Waals surface area (Å²) in [5, 5.41) is 8.69. The van der Waals surface area contributed by atoms with E-state index >= 15 is 0 Å². The second-order valence-corrected chi connectivity index (χ2v) is 5.15. The van der Waals surface area contributed by atoms with Crippen molar-refractivity contribution in [2.24, 2.45) is 0 Å². The molecule has 1 aromatic heterocycles. The van der Waals surface area contributed by atoms with E-state index in [9.17, 15) is 0 Å². The van der Waals surface area contributed by atoms with Crippen LogP contribution >= 0.6 is 0 Å². The number of hydrogen-bond acceptors (Lipinski definition) is 3. The fourth-order valence-electron chi connectivity index (χ4n) is 2.58. The number of nitrogens with zero attached hydrogens (tertiary/aromatic N) is 3. The first-order chi connectivity index (χ1) is 8.66. The maximum Gasteiger partial charge on any atom is 0.164 e. The van der Waals surface area contributed by atoms with E-state index < -0.39 is 0 Å². The highest BCUT2D eigenvalue weighted by atomic mass is 15.3. The van der Waals surface area contributed by atoms with Crippen LogP contribution in [0.15, 0.2) is 18.2 Å². The highest BCUT2D eigenvalue weighted by Gasteiger charge is 2.22. The topological polar surface area (TPSA) is 56.7 Å². The van der Waals surface area contributed by atoms with Crippen molar-refractivity contribution in [3.63, 3.8) is 0 Å². The predicted molar refractivity (Wildman–Crippen MR) is 72.3 cm³/mol. The molecule has 18 heavy (non-hydrogen) atoms. The molecule has 0 radical (unpaired) electrons. The van der Waals surface area contributed by atoms with Crippen LogP contribution in [-0.4, -0.2) is 14.8 Å². The van der Waals surface area contributed by atoms with Crippen LogP contribution in [0.25, 0.3) is 11.4 Å². The lowest BCUT2D eigenvalue weighted by Crippen LogP contribution is -2.14. The molecule has 2 aromatic rings. The van der Waals surface area contributed by atoms with Gasteiger partial charge in [0.05, 0.1) is 0 Å². The molecular weight excluding hydrogens is 224 g/mol. The minimum atomic E-state index is 0.503. The zero-order valence-corrected chi connectivity index (χ0v) is 10.8. The number of fused-ring (bicyclic) bond motifs is 1. The second-order valence-electron chi connectivity index (χ2n) is 5.15. The predicted octanol–water partition coefficient (Wildman–Crippen LogP) is 2.73.